The Hall–Kier alpha value is -2.39. The molecule has 3 aromatic carbocycles. The Morgan fingerprint density at radius 2 is 1.37 bits per heavy atom. The van der Waals surface area contributed by atoms with E-state index < -0.39 is 7.14 Å². The lowest BCUT2D eigenvalue weighted by molar-refractivity contribution is 0.0322. The first kappa shape index (κ1) is 20.9. The van der Waals surface area contributed by atoms with Crippen molar-refractivity contribution in [1.29, 1.82) is 0 Å². The quantitative estimate of drug-likeness (QED) is 0.517. The predicted octanol–water partition coefficient (Wildman–Crippen LogP) is 3.91. The fourth-order valence-corrected chi connectivity index (χ4v) is 6.43. The predicted molar refractivity (Wildman–Crippen MR) is 123 cm³/mol. The third kappa shape index (κ3) is 5.20. The minimum atomic E-state index is -2.76. The van der Waals surface area contributed by atoms with E-state index in [1.165, 1.54) is 0 Å². The summed E-state index contributed by atoms with van der Waals surface area (Å²) in [7, 11) is -2.76. The maximum absolute atomic E-state index is 14.2. The Morgan fingerprint density at radius 3 is 1.93 bits per heavy atom. The van der Waals surface area contributed by atoms with Gasteiger partial charge in [0.2, 0.25) is 0 Å². The Kier molecular flexibility index (Phi) is 7.01. The molecule has 5 heteroatoms. The molecule has 0 amide bonds. The second kappa shape index (κ2) is 10.1. The zero-order valence-corrected chi connectivity index (χ0v) is 18.0. The lowest BCUT2D eigenvalue weighted by atomic mass is 10.2. The summed E-state index contributed by atoms with van der Waals surface area (Å²) in [5.41, 5.74) is 1.05. The van der Waals surface area contributed by atoms with Crippen molar-refractivity contribution in [2.24, 2.45) is 0 Å². The number of nitrogens with zero attached hydrogens (tertiary/aromatic N) is 1. The van der Waals surface area contributed by atoms with Crippen molar-refractivity contribution in [2.45, 2.75) is 6.16 Å². The van der Waals surface area contributed by atoms with Crippen LogP contribution in [-0.4, -0.2) is 44.4 Å². The zero-order valence-electron chi connectivity index (χ0n) is 17.2. The van der Waals surface area contributed by atoms with Gasteiger partial charge >= 0.3 is 0 Å². The van der Waals surface area contributed by atoms with Crippen LogP contribution in [0.25, 0.3) is 0 Å². The molecule has 4 rings (SSSR count). The van der Waals surface area contributed by atoms with Crippen molar-refractivity contribution < 1.29 is 14.0 Å². The van der Waals surface area contributed by atoms with Gasteiger partial charge in [0.1, 0.15) is 19.5 Å². The van der Waals surface area contributed by atoms with E-state index in [0.29, 0.717) is 12.8 Å². The van der Waals surface area contributed by atoms with Crippen LogP contribution in [0.2, 0.25) is 0 Å². The first-order valence-electron chi connectivity index (χ1n) is 10.5. The Bertz CT molecular complexity index is 911. The van der Waals surface area contributed by atoms with Gasteiger partial charge < -0.3 is 14.0 Å². The molecule has 1 aliphatic rings. The summed E-state index contributed by atoms with van der Waals surface area (Å²) in [6.45, 7) is 5.11. The van der Waals surface area contributed by atoms with Crippen LogP contribution < -0.4 is 15.3 Å². The first-order valence-corrected chi connectivity index (χ1v) is 12.4. The maximum Gasteiger partial charge on any atom is 0.147 e. The summed E-state index contributed by atoms with van der Waals surface area (Å²) < 4.78 is 25.5. The molecule has 156 valence electrons. The van der Waals surface area contributed by atoms with Gasteiger partial charge in [-0.3, -0.25) is 4.90 Å². The van der Waals surface area contributed by atoms with Crippen molar-refractivity contribution in [1.82, 2.24) is 4.90 Å². The van der Waals surface area contributed by atoms with Crippen molar-refractivity contribution in [3.8, 4) is 5.75 Å². The molecule has 0 saturated carbocycles. The van der Waals surface area contributed by atoms with E-state index in [1.54, 1.807) is 0 Å². The van der Waals surface area contributed by atoms with E-state index >= 15 is 0 Å². The Morgan fingerprint density at radius 1 is 0.800 bits per heavy atom. The minimum Gasteiger partial charge on any atom is -0.492 e. The van der Waals surface area contributed by atoms with Crippen molar-refractivity contribution in [3.63, 3.8) is 0 Å². The number of rotatable bonds is 8. The van der Waals surface area contributed by atoms with Crippen LogP contribution in [0.4, 0.5) is 0 Å². The van der Waals surface area contributed by atoms with Crippen LogP contribution >= 0.6 is 7.14 Å². The monoisotopic (exact) mass is 421 g/mol. The summed E-state index contributed by atoms with van der Waals surface area (Å²) in [5.74, 6) is 0.848. The largest absolute Gasteiger partial charge is 0.492 e. The molecule has 0 aliphatic carbocycles. The summed E-state index contributed by atoms with van der Waals surface area (Å²) in [6.07, 6.45) is 0.495. The molecule has 4 nitrogen and oxygen atoms in total. The smallest absolute Gasteiger partial charge is 0.147 e. The number of hydrogen-bond donors (Lipinski definition) is 0. The van der Waals surface area contributed by atoms with Crippen LogP contribution in [0.15, 0.2) is 84.9 Å². The van der Waals surface area contributed by atoms with Gasteiger partial charge in [-0.05, 0) is 17.7 Å². The number of hydrogen-bond acceptors (Lipinski definition) is 4. The molecule has 0 bridgehead atoms. The fraction of sp³-hybridized carbons (Fsp3) is 0.280. The molecule has 0 aromatic heterocycles. The molecule has 0 unspecified atom stereocenters. The highest BCUT2D eigenvalue weighted by Crippen LogP contribution is 2.46. The maximum atomic E-state index is 14.2. The van der Waals surface area contributed by atoms with Gasteiger partial charge in [-0.2, -0.15) is 0 Å². The lowest BCUT2D eigenvalue weighted by Crippen LogP contribution is -2.38. The third-order valence-electron chi connectivity index (χ3n) is 5.46. The molecule has 1 fully saturated rings. The highest BCUT2D eigenvalue weighted by Gasteiger charge is 2.27. The van der Waals surface area contributed by atoms with E-state index in [9.17, 15) is 4.57 Å². The molecule has 1 saturated heterocycles. The van der Waals surface area contributed by atoms with Crippen LogP contribution in [0, 0.1) is 0 Å². The standard InChI is InChI=1S/C25H28NO3P/c27-30(24-7-3-1-4-8-24,25-9-5-2-6-10-25)21-22-11-13-23(14-12-22)29-20-17-26-15-18-28-19-16-26/h1-14H,15-21H2. The second-order valence-electron chi connectivity index (χ2n) is 7.52. The summed E-state index contributed by atoms with van der Waals surface area (Å²) in [4.78, 5) is 2.36. The average Bonchev–Trinajstić information content (AvgIpc) is 2.82. The SMILES string of the molecule is O=P(Cc1ccc(OCCN2CCOCC2)cc1)(c1ccccc1)c1ccccc1. The molecule has 0 atom stereocenters. The highest BCUT2D eigenvalue weighted by molar-refractivity contribution is 7.78. The Balaban J connectivity index is 1.44. The van der Waals surface area contributed by atoms with Crippen LogP contribution in [0.1, 0.15) is 5.56 Å². The van der Waals surface area contributed by atoms with Crippen molar-refractivity contribution in [2.75, 3.05) is 39.5 Å². The topological polar surface area (TPSA) is 38.8 Å². The molecule has 0 N–H and O–H groups in total. The third-order valence-corrected chi connectivity index (χ3v) is 8.53. The Labute approximate surface area is 178 Å². The molecule has 0 spiro atoms. The number of morpholine rings is 1. The second-order valence-corrected chi connectivity index (χ2v) is 10.3. The van der Waals surface area contributed by atoms with E-state index in [4.69, 9.17) is 9.47 Å². The van der Waals surface area contributed by atoms with E-state index in [-0.39, 0.29) is 0 Å². The normalized spacial score (nSPS) is 15.1. The molecule has 3 aromatic rings. The molecule has 1 aliphatic heterocycles. The summed E-state index contributed by atoms with van der Waals surface area (Å²) in [5, 5.41) is 1.78. The fourth-order valence-electron chi connectivity index (χ4n) is 3.73. The van der Waals surface area contributed by atoms with Crippen LogP contribution in [-0.2, 0) is 15.5 Å². The van der Waals surface area contributed by atoms with E-state index in [1.807, 2.05) is 84.9 Å². The minimum absolute atomic E-state index is 0.495. The van der Waals surface area contributed by atoms with Gasteiger partial charge in [0.05, 0.1) is 13.2 Å². The molecular weight excluding hydrogens is 393 g/mol. The molecular formula is C25H28NO3P. The van der Waals surface area contributed by atoms with Gasteiger partial charge in [0, 0.05) is 36.4 Å². The van der Waals surface area contributed by atoms with Crippen LogP contribution in [0.5, 0.6) is 5.75 Å². The van der Waals surface area contributed by atoms with Gasteiger partial charge in [-0.1, -0.05) is 72.8 Å². The molecule has 0 radical (unpaired) electrons. The summed E-state index contributed by atoms with van der Waals surface area (Å²) in [6, 6.07) is 27.6. The van der Waals surface area contributed by atoms with Crippen molar-refractivity contribution >= 4 is 17.8 Å². The molecule has 1 heterocycles. The highest BCUT2D eigenvalue weighted by atomic mass is 31.2. The van der Waals surface area contributed by atoms with E-state index in [2.05, 4.69) is 4.90 Å². The van der Waals surface area contributed by atoms with Crippen molar-refractivity contribution in [3.05, 3.63) is 90.5 Å². The lowest BCUT2D eigenvalue weighted by Gasteiger charge is -2.26. The van der Waals surface area contributed by atoms with Gasteiger partial charge in [0.25, 0.3) is 0 Å². The van der Waals surface area contributed by atoms with E-state index in [0.717, 1.165) is 54.8 Å². The first-order chi connectivity index (χ1) is 14.7. The molecule has 30 heavy (non-hydrogen) atoms. The number of benzene rings is 3. The zero-order chi connectivity index (χ0) is 20.7. The van der Waals surface area contributed by atoms with Gasteiger partial charge in [0.15, 0.2) is 0 Å². The number of ether oxygens (including phenoxy) is 2. The van der Waals surface area contributed by atoms with Crippen LogP contribution in [0.3, 0.4) is 0 Å². The van der Waals surface area contributed by atoms with Gasteiger partial charge in [-0.15, -0.1) is 0 Å². The average molecular weight is 421 g/mol. The van der Waals surface area contributed by atoms with Gasteiger partial charge in [-0.25, -0.2) is 0 Å². The summed E-state index contributed by atoms with van der Waals surface area (Å²) >= 11 is 0.